The standard InChI is InChI=1S/C34H55N11O12/c1-17(48)27(45-31(54)20(36)14-25(37)49)34(57)44-24(16-47)33(56)41-21(28(38)51)10-11-26(50)40-12-6-5-9-19(35)30(53)42-22(13-18-7-3-2-4-8-18)32(55)43-23(15-46)29(39)52/h2-4,7-8,17,19-24,27,46-48H,5-6,9-16,35-36H2,1H3,(H2,37,49)(H2,38,51)(H2,39,52)(H,40,50)(H,41,56)(H,42,53)(H,43,55)(H,44,57)(H,45,54)/t17-,19?,20+,21?,22?,23?,24+,27+/m1/s1. The van der Waals surface area contributed by atoms with Crippen LogP contribution in [-0.2, 0) is 49.6 Å². The number of aliphatic hydroxyl groups excluding tert-OH is 3. The molecule has 1 aromatic rings. The number of nitrogens with one attached hydrogen (secondary N) is 6. The fourth-order valence-electron chi connectivity index (χ4n) is 5.02. The number of primary amides is 3. The molecule has 0 fully saturated rings. The van der Waals surface area contributed by atoms with Crippen LogP contribution in [0, 0.1) is 0 Å². The predicted octanol–water partition coefficient (Wildman–Crippen LogP) is -7.41. The SMILES string of the molecule is C[C@@H](O)[C@H](NC(=O)[C@@H](N)CC(N)=O)C(=O)N[C@@H](CO)C(=O)NC(CCC(=O)NCCCCC(N)C(=O)NC(Cc1ccccc1)C(=O)NC(CO)C(N)=O)C(N)=O. The second-order valence-electron chi connectivity index (χ2n) is 13.1. The molecule has 0 aromatic heterocycles. The maximum atomic E-state index is 12.9. The molecule has 0 saturated heterocycles. The van der Waals surface area contributed by atoms with Crippen LogP contribution >= 0.6 is 0 Å². The highest BCUT2D eigenvalue weighted by atomic mass is 16.3. The number of nitrogens with two attached hydrogens (primary N) is 5. The molecule has 0 radical (unpaired) electrons. The largest absolute Gasteiger partial charge is 0.394 e. The number of hydrogen-bond donors (Lipinski definition) is 14. The minimum atomic E-state index is -1.69. The monoisotopic (exact) mass is 809 g/mol. The lowest BCUT2D eigenvalue weighted by Gasteiger charge is -2.25. The Kier molecular flexibility index (Phi) is 22.0. The molecule has 318 valence electrons. The first kappa shape index (κ1) is 49.3. The number of amides is 9. The Hall–Kier alpha value is -5.75. The Morgan fingerprint density at radius 1 is 0.632 bits per heavy atom. The molecule has 0 aliphatic carbocycles. The molecule has 19 N–H and O–H groups in total. The topological polar surface area (TPSA) is 417 Å². The highest BCUT2D eigenvalue weighted by Gasteiger charge is 2.33. The highest BCUT2D eigenvalue weighted by molar-refractivity contribution is 5.96. The van der Waals surface area contributed by atoms with E-state index in [2.05, 4.69) is 31.9 Å². The van der Waals surface area contributed by atoms with E-state index in [1.807, 2.05) is 0 Å². The van der Waals surface area contributed by atoms with Gasteiger partial charge in [0.2, 0.25) is 53.2 Å². The first-order chi connectivity index (χ1) is 26.8. The van der Waals surface area contributed by atoms with Crippen LogP contribution < -0.4 is 60.6 Å². The third kappa shape index (κ3) is 18.6. The summed E-state index contributed by atoms with van der Waals surface area (Å²) >= 11 is 0. The van der Waals surface area contributed by atoms with E-state index < -0.39 is 121 Å². The van der Waals surface area contributed by atoms with Crippen LogP contribution in [0.4, 0.5) is 0 Å². The van der Waals surface area contributed by atoms with Gasteiger partial charge in [-0.2, -0.15) is 0 Å². The number of unbranched alkanes of at least 4 members (excludes halogenated alkanes) is 1. The normalized spacial score (nSPS) is 15.1. The average molecular weight is 810 g/mol. The van der Waals surface area contributed by atoms with E-state index in [9.17, 15) is 58.5 Å². The van der Waals surface area contributed by atoms with E-state index in [0.717, 1.165) is 6.92 Å². The summed E-state index contributed by atoms with van der Waals surface area (Å²) in [7, 11) is 0. The third-order valence-corrected chi connectivity index (χ3v) is 8.32. The van der Waals surface area contributed by atoms with Crippen molar-refractivity contribution in [2.45, 2.75) is 100 Å². The van der Waals surface area contributed by atoms with Crippen molar-refractivity contribution in [2.75, 3.05) is 19.8 Å². The third-order valence-electron chi connectivity index (χ3n) is 8.32. The smallest absolute Gasteiger partial charge is 0.245 e. The van der Waals surface area contributed by atoms with E-state index in [0.29, 0.717) is 18.4 Å². The molecular formula is C34H55N11O12. The van der Waals surface area contributed by atoms with Gasteiger partial charge >= 0.3 is 0 Å². The summed E-state index contributed by atoms with van der Waals surface area (Å²) in [6, 6.07) is -1.07. The van der Waals surface area contributed by atoms with E-state index in [-0.39, 0.29) is 32.2 Å². The molecule has 1 rings (SSSR count). The van der Waals surface area contributed by atoms with Gasteiger partial charge in [0, 0.05) is 19.4 Å². The van der Waals surface area contributed by atoms with Gasteiger partial charge in [-0.1, -0.05) is 30.3 Å². The summed E-state index contributed by atoms with van der Waals surface area (Å²) in [6.07, 6.45) is -1.69. The average Bonchev–Trinajstić information content (AvgIpc) is 3.15. The molecule has 0 heterocycles. The van der Waals surface area contributed by atoms with Crippen molar-refractivity contribution in [2.24, 2.45) is 28.7 Å². The van der Waals surface area contributed by atoms with Crippen molar-refractivity contribution in [3.8, 4) is 0 Å². The van der Waals surface area contributed by atoms with Crippen LogP contribution in [-0.4, -0.2) is 137 Å². The summed E-state index contributed by atoms with van der Waals surface area (Å²) in [4.78, 5) is 111. The van der Waals surface area contributed by atoms with E-state index >= 15 is 0 Å². The predicted molar refractivity (Wildman–Crippen MR) is 200 cm³/mol. The zero-order chi connectivity index (χ0) is 43.2. The van der Waals surface area contributed by atoms with Crippen molar-refractivity contribution in [3.05, 3.63) is 35.9 Å². The molecule has 23 nitrogen and oxygen atoms in total. The lowest BCUT2D eigenvalue weighted by Crippen LogP contribution is -2.60. The van der Waals surface area contributed by atoms with E-state index in [4.69, 9.17) is 28.7 Å². The number of rotatable bonds is 27. The van der Waals surface area contributed by atoms with Crippen LogP contribution in [0.1, 0.15) is 51.0 Å². The number of benzene rings is 1. The molecule has 0 spiro atoms. The van der Waals surface area contributed by atoms with Crippen LogP contribution in [0.5, 0.6) is 0 Å². The molecular weight excluding hydrogens is 754 g/mol. The molecule has 4 unspecified atom stereocenters. The van der Waals surface area contributed by atoms with E-state index in [1.165, 1.54) is 0 Å². The molecule has 1 aromatic carbocycles. The molecule has 8 atom stereocenters. The van der Waals surface area contributed by atoms with Gasteiger partial charge in [0.05, 0.1) is 37.8 Å². The maximum Gasteiger partial charge on any atom is 0.245 e. The molecule has 0 aliphatic rings. The summed E-state index contributed by atoms with van der Waals surface area (Å²) in [5, 5.41) is 43.1. The Morgan fingerprint density at radius 2 is 1.16 bits per heavy atom. The maximum absolute atomic E-state index is 12.9. The number of hydrogen-bond acceptors (Lipinski definition) is 14. The van der Waals surface area contributed by atoms with Gasteiger partial charge in [0.25, 0.3) is 0 Å². The zero-order valence-corrected chi connectivity index (χ0v) is 31.5. The van der Waals surface area contributed by atoms with Crippen molar-refractivity contribution < 1.29 is 58.5 Å². The molecule has 57 heavy (non-hydrogen) atoms. The number of carbonyl (C=O) groups excluding carboxylic acids is 9. The fourth-order valence-corrected chi connectivity index (χ4v) is 5.02. The van der Waals surface area contributed by atoms with E-state index in [1.54, 1.807) is 30.3 Å². The first-order valence-corrected chi connectivity index (χ1v) is 17.9. The molecule has 0 bridgehead atoms. The summed E-state index contributed by atoms with van der Waals surface area (Å²) in [6.45, 7) is -0.445. The molecule has 0 saturated carbocycles. The number of aliphatic hydroxyl groups is 3. The summed E-state index contributed by atoms with van der Waals surface area (Å²) in [5.41, 5.74) is 27.9. The Morgan fingerprint density at radius 3 is 1.70 bits per heavy atom. The van der Waals surface area contributed by atoms with Crippen LogP contribution in [0.2, 0.25) is 0 Å². The molecule has 9 amide bonds. The Labute approximate surface area is 327 Å². The zero-order valence-electron chi connectivity index (χ0n) is 31.5. The van der Waals surface area contributed by atoms with Gasteiger partial charge < -0.3 is 75.9 Å². The van der Waals surface area contributed by atoms with Gasteiger partial charge in [-0.15, -0.1) is 0 Å². The van der Waals surface area contributed by atoms with Crippen LogP contribution in [0.25, 0.3) is 0 Å². The lowest BCUT2D eigenvalue weighted by molar-refractivity contribution is -0.136. The van der Waals surface area contributed by atoms with Crippen LogP contribution in [0.3, 0.4) is 0 Å². The quantitative estimate of drug-likeness (QED) is 0.0367. The van der Waals surface area contributed by atoms with Crippen molar-refractivity contribution in [1.29, 1.82) is 0 Å². The van der Waals surface area contributed by atoms with Gasteiger partial charge in [-0.3, -0.25) is 43.2 Å². The molecule has 0 aliphatic heterocycles. The first-order valence-electron chi connectivity index (χ1n) is 17.9. The summed E-state index contributed by atoms with van der Waals surface area (Å²) < 4.78 is 0. The Balaban J connectivity index is 2.63. The lowest BCUT2D eigenvalue weighted by atomic mass is 10.0. The highest BCUT2D eigenvalue weighted by Crippen LogP contribution is 2.07. The minimum Gasteiger partial charge on any atom is -0.394 e. The van der Waals surface area contributed by atoms with Crippen LogP contribution in [0.15, 0.2) is 30.3 Å². The van der Waals surface area contributed by atoms with Crippen molar-refractivity contribution in [3.63, 3.8) is 0 Å². The molecule has 23 heteroatoms. The fraction of sp³-hybridized carbons (Fsp3) is 0.559. The van der Waals surface area contributed by atoms with Crippen molar-refractivity contribution in [1.82, 2.24) is 31.9 Å². The summed E-state index contributed by atoms with van der Waals surface area (Å²) in [5.74, 6) is -8.04. The minimum absolute atomic E-state index is 0.0516. The van der Waals surface area contributed by atoms with Crippen molar-refractivity contribution >= 4 is 53.2 Å². The second kappa shape index (κ2) is 25.4. The second-order valence-corrected chi connectivity index (χ2v) is 13.1. The van der Waals surface area contributed by atoms with Gasteiger partial charge in [0.15, 0.2) is 0 Å². The van der Waals surface area contributed by atoms with Gasteiger partial charge in [-0.05, 0) is 38.2 Å². The van der Waals surface area contributed by atoms with Gasteiger partial charge in [-0.25, -0.2) is 0 Å². The van der Waals surface area contributed by atoms with Gasteiger partial charge in [0.1, 0.15) is 30.2 Å². The number of carbonyl (C=O) groups is 9. The Bertz CT molecular complexity index is 1550.